The maximum atomic E-state index is 10.1. The van der Waals surface area contributed by atoms with E-state index in [1.807, 2.05) is 6.92 Å². The lowest BCUT2D eigenvalue weighted by Gasteiger charge is -2.24. The van der Waals surface area contributed by atoms with E-state index in [1.54, 1.807) is 18.2 Å². The molecule has 104 valence electrons. The Balaban J connectivity index is 0. The van der Waals surface area contributed by atoms with Crippen LogP contribution in [0.15, 0.2) is 30.3 Å². The van der Waals surface area contributed by atoms with E-state index in [-0.39, 0.29) is 24.1 Å². The standard InChI is InChI=1S/C7H6O2.C6H16NO.ClH/c8-7(9)6-4-2-1-3-5-6;1-6(8)5-7(2,3)4;/h1-5H,(H,8,9);6,8H,5H2,1-4H3;1H/q;+1;/p-1. The Morgan fingerprint density at radius 3 is 1.89 bits per heavy atom. The summed E-state index contributed by atoms with van der Waals surface area (Å²) in [7, 11) is 6.19. The number of likely N-dealkylation sites (N-methyl/N-ethyl adjacent to an activating group) is 1. The number of benzene rings is 1. The minimum absolute atomic E-state index is 0. The number of halogens is 1. The van der Waals surface area contributed by atoms with Crippen LogP contribution < -0.4 is 5.11 Å². The van der Waals surface area contributed by atoms with Crippen LogP contribution >= 0.6 is 12.4 Å². The summed E-state index contributed by atoms with van der Waals surface area (Å²) >= 11 is 0. The molecule has 1 unspecified atom stereocenters. The van der Waals surface area contributed by atoms with Crippen molar-refractivity contribution in [2.75, 3.05) is 27.7 Å². The maximum Gasteiger partial charge on any atom is 0.104 e. The SMILES string of the molecule is CC(O)C[N+](C)(C)C.Cl.O=C([O-])c1ccccc1. The predicted octanol–water partition coefficient (Wildman–Crippen LogP) is 0.545. The van der Waals surface area contributed by atoms with Crippen LogP contribution in [-0.4, -0.2) is 49.4 Å². The summed E-state index contributed by atoms with van der Waals surface area (Å²) < 4.78 is 0.831. The third-order valence-electron chi connectivity index (χ3n) is 1.82. The average Bonchev–Trinajstić information content (AvgIpc) is 2.16. The Morgan fingerprint density at radius 2 is 1.72 bits per heavy atom. The van der Waals surface area contributed by atoms with Crippen LogP contribution in [0, 0.1) is 0 Å². The third kappa shape index (κ3) is 11.4. The van der Waals surface area contributed by atoms with Gasteiger partial charge >= 0.3 is 0 Å². The molecule has 0 fully saturated rings. The topological polar surface area (TPSA) is 60.4 Å². The molecule has 1 atom stereocenters. The van der Waals surface area contributed by atoms with Crippen molar-refractivity contribution < 1.29 is 19.5 Å². The molecule has 1 aromatic carbocycles. The molecular formula is C13H22ClNO3. The van der Waals surface area contributed by atoms with Crippen molar-refractivity contribution in [2.45, 2.75) is 13.0 Å². The molecule has 0 radical (unpaired) electrons. The number of aliphatic hydroxyl groups is 1. The first kappa shape index (κ1) is 19.2. The van der Waals surface area contributed by atoms with Crippen molar-refractivity contribution in [2.24, 2.45) is 0 Å². The molecule has 4 nitrogen and oxygen atoms in total. The number of carboxylic acids is 1. The molecule has 0 aliphatic heterocycles. The van der Waals surface area contributed by atoms with E-state index < -0.39 is 5.97 Å². The van der Waals surface area contributed by atoms with E-state index in [1.165, 1.54) is 12.1 Å². The highest BCUT2D eigenvalue weighted by Gasteiger charge is 2.09. The van der Waals surface area contributed by atoms with Crippen LogP contribution in [0.4, 0.5) is 0 Å². The number of rotatable bonds is 3. The van der Waals surface area contributed by atoms with Crippen LogP contribution in [-0.2, 0) is 0 Å². The molecule has 1 N–H and O–H groups in total. The van der Waals surface area contributed by atoms with Crippen LogP contribution in [0.2, 0.25) is 0 Å². The van der Waals surface area contributed by atoms with Crippen molar-refractivity contribution in [3.63, 3.8) is 0 Å². The Bertz CT molecular complexity index is 334. The molecule has 18 heavy (non-hydrogen) atoms. The quantitative estimate of drug-likeness (QED) is 0.820. The molecule has 0 bridgehead atoms. The summed E-state index contributed by atoms with van der Waals surface area (Å²) in [5.41, 5.74) is 0.220. The summed E-state index contributed by atoms with van der Waals surface area (Å²) in [6.07, 6.45) is -0.185. The maximum absolute atomic E-state index is 10.1. The van der Waals surface area contributed by atoms with Gasteiger partial charge in [0.1, 0.15) is 12.6 Å². The average molecular weight is 276 g/mol. The monoisotopic (exact) mass is 275 g/mol. The van der Waals surface area contributed by atoms with E-state index in [2.05, 4.69) is 21.1 Å². The lowest BCUT2D eigenvalue weighted by molar-refractivity contribution is -0.873. The van der Waals surface area contributed by atoms with Crippen LogP contribution in [0.25, 0.3) is 0 Å². The fraction of sp³-hybridized carbons (Fsp3) is 0.462. The van der Waals surface area contributed by atoms with Gasteiger partial charge in [-0.1, -0.05) is 30.3 Å². The number of nitrogens with zero attached hydrogens (tertiary/aromatic N) is 1. The highest BCUT2D eigenvalue weighted by molar-refractivity contribution is 5.85. The van der Waals surface area contributed by atoms with Crippen molar-refractivity contribution in [3.8, 4) is 0 Å². The molecular weight excluding hydrogens is 254 g/mol. The van der Waals surface area contributed by atoms with Crippen molar-refractivity contribution in [1.29, 1.82) is 0 Å². The van der Waals surface area contributed by atoms with Crippen LogP contribution in [0.5, 0.6) is 0 Å². The molecule has 5 heteroatoms. The van der Waals surface area contributed by atoms with Gasteiger partial charge in [0, 0.05) is 0 Å². The van der Waals surface area contributed by atoms with Gasteiger partial charge < -0.3 is 19.5 Å². The molecule has 0 amide bonds. The number of carbonyl (C=O) groups is 1. The second-order valence-electron chi connectivity index (χ2n) is 4.98. The van der Waals surface area contributed by atoms with Gasteiger partial charge in [0.2, 0.25) is 0 Å². The second kappa shape index (κ2) is 8.91. The fourth-order valence-corrected chi connectivity index (χ4v) is 1.37. The zero-order chi connectivity index (χ0) is 13.5. The van der Waals surface area contributed by atoms with Crippen LogP contribution in [0.3, 0.4) is 0 Å². The number of hydrogen-bond donors (Lipinski definition) is 1. The number of hydrogen-bond acceptors (Lipinski definition) is 3. The number of carboxylic acid groups (broad SMARTS) is 1. The van der Waals surface area contributed by atoms with Crippen molar-refractivity contribution >= 4 is 18.4 Å². The van der Waals surface area contributed by atoms with Gasteiger partial charge in [-0.15, -0.1) is 12.4 Å². The summed E-state index contributed by atoms with van der Waals surface area (Å²) in [6, 6.07) is 8.06. The Labute approximate surface area is 115 Å². The van der Waals surface area contributed by atoms with Gasteiger partial charge in [0.05, 0.1) is 27.1 Å². The first-order valence-corrected chi connectivity index (χ1v) is 5.47. The Hall–Kier alpha value is -1.10. The first-order valence-electron chi connectivity index (χ1n) is 5.47. The van der Waals surface area contributed by atoms with Gasteiger partial charge in [0.25, 0.3) is 0 Å². The van der Waals surface area contributed by atoms with Gasteiger partial charge in [0.15, 0.2) is 0 Å². The number of aromatic carboxylic acids is 1. The zero-order valence-electron chi connectivity index (χ0n) is 11.3. The Kier molecular flexibility index (Phi) is 9.53. The van der Waals surface area contributed by atoms with Crippen molar-refractivity contribution in [3.05, 3.63) is 35.9 Å². The molecule has 1 aromatic rings. The second-order valence-corrected chi connectivity index (χ2v) is 4.98. The van der Waals surface area contributed by atoms with Gasteiger partial charge in [-0.05, 0) is 12.5 Å². The molecule has 0 heterocycles. The number of quaternary nitrogens is 1. The lowest BCUT2D eigenvalue weighted by atomic mass is 10.2. The molecule has 1 rings (SSSR count). The highest BCUT2D eigenvalue weighted by Crippen LogP contribution is 1.94. The van der Waals surface area contributed by atoms with E-state index in [0.717, 1.165) is 11.0 Å². The van der Waals surface area contributed by atoms with E-state index in [0.29, 0.717) is 0 Å². The molecule has 0 saturated carbocycles. The number of carbonyl (C=O) groups excluding carboxylic acids is 1. The molecule has 0 saturated heterocycles. The molecule has 0 aliphatic rings. The van der Waals surface area contributed by atoms with Gasteiger partial charge in [-0.3, -0.25) is 0 Å². The Morgan fingerprint density at radius 1 is 1.28 bits per heavy atom. The van der Waals surface area contributed by atoms with E-state index in [4.69, 9.17) is 5.11 Å². The molecule has 0 spiro atoms. The van der Waals surface area contributed by atoms with E-state index in [9.17, 15) is 9.90 Å². The predicted molar refractivity (Wildman–Crippen MR) is 72.6 cm³/mol. The smallest absolute Gasteiger partial charge is 0.104 e. The van der Waals surface area contributed by atoms with E-state index >= 15 is 0 Å². The van der Waals surface area contributed by atoms with Crippen molar-refractivity contribution in [1.82, 2.24) is 0 Å². The first-order chi connectivity index (χ1) is 7.72. The third-order valence-corrected chi connectivity index (χ3v) is 1.82. The minimum Gasteiger partial charge on any atom is -0.545 e. The molecule has 0 aromatic heterocycles. The summed E-state index contributed by atoms with van der Waals surface area (Å²) in [6.45, 7) is 2.63. The number of aliphatic hydroxyl groups excluding tert-OH is 1. The largest absolute Gasteiger partial charge is 0.545 e. The minimum atomic E-state index is -1.13. The normalized spacial score (nSPS) is 11.6. The summed E-state index contributed by atoms with van der Waals surface area (Å²) in [4.78, 5) is 10.1. The zero-order valence-corrected chi connectivity index (χ0v) is 12.1. The summed E-state index contributed by atoms with van der Waals surface area (Å²) in [5.74, 6) is -1.13. The van der Waals surface area contributed by atoms with Gasteiger partial charge in [-0.25, -0.2) is 0 Å². The molecule has 0 aliphatic carbocycles. The highest BCUT2D eigenvalue weighted by atomic mass is 35.5. The summed E-state index contributed by atoms with van der Waals surface area (Å²) in [5, 5.41) is 19.0. The van der Waals surface area contributed by atoms with Gasteiger partial charge in [-0.2, -0.15) is 0 Å². The fourth-order valence-electron chi connectivity index (χ4n) is 1.37. The lowest BCUT2D eigenvalue weighted by Crippen LogP contribution is -2.40. The van der Waals surface area contributed by atoms with Crippen LogP contribution in [0.1, 0.15) is 17.3 Å².